The molecule has 0 aliphatic heterocycles. The molecule has 1 unspecified atom stereocenters. The highest BCUT2D eigenvalue weighted by atomic mass is 35.5. The van der Waals surface area contributed by atoms with Gasteiger partial charge >= 0.3 is 0 Å². The minimum Gasteiger partial charge on any atom is -0.491 e. The Morgan fingerprint density at radius 1 is 1.10 bits per heavy atom. The number of ether oxygens (including phenoxy) is 1. The lowest BCUT2D eigenvalue weighted by Crippen LogP contribution is -2.20. The number of hydrogen-bond donors (Lipinski definition) is 1. The van der Waals surface area contributed by atoms with E-state index >= 15 is 0 Å². The molecule has 1 N–H and O–H groups in total. The molecule has 0 aromatic heterocycles. The van der Waals surface area contributed by atoms with Crippen molar-refractivity contribution in [1.82, 2.24) is 0 Å². The number of aliphatic hydroxyl groups excluding tert-OH is 1. The Bertz CT molecular complexity index is 573. The average Bonchev–Trinajstić information content (AvgIpc) is 2.41. The molecule has 2 rings (SSSR count). The summed E-state index contributed by atoms with van der Waals surface area (Å²) in [6, 6.07) is 11.0. The summed E-state index contributed by atoms with van der Waals surface area (Å²) in [5.41, 5.74) is 0.681. The number of aliphatic hydroxyl groups is 1. The lowest BCUT2D eigenvalue weighted by Gasteiger charge is -2.13. The molecule has 0 aliphatic rings. The SMILES string of the molecule is OC(COc1ccc(Cl)cc1)Cc1ccc(F)cc1Cl. The van der Waals surface area contributed by atoms with Crippen LogP contribution in [0, 0.1) is 5.82 Å². The quantitative estimate of drug-likeness (QED) is 0.899. The second kappa shape index (κ2) is 6.93. The van der Waals surface area contributed by atoms with Gasteiger partial charge in [-0.15, -0.1) is 0 Å². The van der Waals surface area contributed by atoms with Gasteiger partial charge in [0.15, 0.2) is 0 Å². The molecule has 0 heterocycles. The Labute approximate surface area is 126 Å². The van der Waals surface area contributed by atoms with Gasteiger partial charge in [-0.05, 0) is 42.0 Å². The normalized spacial score (nSPS) is 12.2. The summed E-state index contributed by atoms with van der Waals surface area (Å²) in [5, 5.41) is 10.8. The minimum atomic E-state index is -0.728. The molecule has 20 heavy (non-hydrogen) atoms. The van der Waals surface area contributed by atoms with Crippen LogP contribution in [0.25, 0.3) is 0 Å². The van der Waals surface area contributed by atoms with Gasteiger partial charge in [0.1, 0.15) is 18.2 Å². The first-order chi connectivity index (χ1) is 9.54. The van der Waals surface area contributed by atoms with Crippen molar-refractivity contribution in [3.05, 3.63) is 63.9 Å². The van der Waals surface area contributed by atoms with E-state index in [2.05, 4.69) is 0 Å². The molecule has 0 amide bonds. The average molecular weight is 315 g/mol. The van der Waals surface area contributed by atoms with Crippen LogP contribution in [0.2, 0.25) is 10.0 Å². The Balaban J connectivity index is 1.89. The Morgan fingerprint density at radius 3 is 2.45 bits per heavy atom. The molecule has 1 atom stereocenters. The van der Waals surface area contributed by atoms with Crippen molar-refractivity contribution in [3.63, 3.8) is 0 Å². The van der Waals surface area contributed by atoms with E-state index in [0.717, 1.165) is 0 Å². The highest BCUT2D eigenvalue weighted by molar-refractivity contribution is 6.31. The summed E-state index contributed by atoms with van der Waals surface area (Å²) < 4.78 is 18.3. The second-order valence-electron chi connectivity index (χ2n) is 4.36. The fraction of sp³-hybridized carbons (Fsp3) is 0.200. The van der Waals surface area contributed by atoms with Crippen molar-refractivity contribution in [2.75, 3.05) is 6.61 Å². The van der Waals surface area contributed by atoms with E-state index in [1.165, 1.54) is 12.1 Å². The van der Waals surface area contributed by atoms with Crippen molar-refractivity contribution in [3.8, 4) is 5.75 Å². The minimum absolute atomic E-state index is 0.120. The number of benzene rings is 2. The maximum absolute atomic E-state index is 12.9. The van der Waals surface area contributed by atoms with Crippen molar-refractivity contribution >= 4 is 23.2 Å². The largest absolute Gasteiger partial charge is 0.491 e. The number of rotatable bonds is 5. The van der Waals surface area contributed by atoms with Crippen molar-refractivity contribution in [1.29, 1.82) is 0 Å². The predicted octanol–water partition coefficient (Wildman–Crippen LogP) is 4.11. The Hall–Kier alpha value is -1.29. The Morgan fingerprint density at radius 2 is 1.80 bits per heavy atom. The fourth-order valence-corrected chi connectivity index (χ4v) is 2.09. The van der Waals surface area contributed by atoms with E-state index in [0.29, 0.717) is 27.8 Å². The van der Waals surface area contributed by atoms with Crippen LogP contribution in [-0.2, 0) is 6.42 Å². The number of halogens is 3. The molecule has 5 heteroatoms. The topological polar surface area (TPSA) is 29.5 Å². The lowest BCUT2D eigenvalue weighted by atomic mass is 10.1. The summed E-state index contributed by atoms with van der Waals surface area (Å²) in [6.45, 7) is 0.120. The van der Waals surface area contributed by atoms with Crippen LogP contribution in [0.1, 0.15) is 5.56 Å². The van der Waals surface area contributed by atoms with Gasteiger partial charge < -0.3 is 9.84 Å². The van der Waals surface area contributed by atoms with Gasteiger partial charge in [-0.3, -0.25) is 0 Å². The summed E-state index contributed by atoms with van der Waals surface area (Å²) >= 11 is 11.7. The zero-order valence-corrected chi connectivity index (χ0v) is 12.0. The smallest absolute Gasteiger partial charge is 0.124 e. The zero-order chi connectivity index (χ0) is 14.5. The molecule has 0 aliphatic carbocycles. The van der Waals surface area contributed by atoms with E-state index in [9.17, 15) is 9.50 Å². The van der Waals surface area contributed by atoms with Crippen LogP contribution in [0.4, 0.5) is 4.39 Å². The molecule has 2 aromatic carbocycles. The standard InChI is InChI=1S/C15H13Cl2FO2/c16-11-2-5-14(6-3-11)20-9-13(19)7-10-1-4-12(18)8-15(10)17/h1-6,8,13,19H,7,9H2. The molecule has 0 saturated heterocycles. The van der Waals surface area contributed by atoms with Crippen LogP contribution >= 0.6 is 23.2 Å². The highest BCUT2D eigenvalue weighted by Crippen LogP contribution is 2.20. The van der Waals surface area contributed by atoms with Crippen LogP contribution in [0.15, 0.2) is 42.5 Å². The summed E-state index contributed by atoms with van der Waals surface area (Å²) in [7, 11) is 0. The van der Waals surface area contributed by atoms with Gasteiger partial charge in [-0.25, -0.2) is 4.39 Å². The fourth-order valence-electron chi connectivity index (χ4n) is 1.72. The third-order valence-corrected chi connectivity index (χ3v) is 3.33. The molecule has 0 saturated carbocycles. The van der Waals surface area contributed by atoms with E-state index in [4.69, 9.17) is 27.9 Å². The highest BCUT2D eigenvalue weighted by Gasteiger charge is 2.10. The van der Waals surface area contributed by atoms with E-state index in [1.807, 2.05) is 0 Å². The van der Waals surface area contributed by atoms with Crippen LogP contribution in [0.3, 0.4) is 0 Å². The maximum Gasteiger partial charge on any atom is 0.124 e. The summed E-state index contributed by atoms with van der Waals surface area (Å²) in [4.78, 5) is 0. The molecule has 0 bridgehead atoms. The van der Waals surface area contributed by atoms with Crippen LogP contribution in [-0.4, -0.2) is 17.8 Å². The summed E-state index contributed by atoms with van der Waals surface area (Å²) in [6.07, 6.45) is -0.430. The van der Waals surface area contributed by atoms with Gasteiger partial charge in [-0.2, -0.15) is 0 Å². The van der Waals surface area contributed by atoms with Crippen LogP contribution < -0.4 is 4.74 Å². The van der Waals surface area contributed by atoms with E-state index in [1.54, 1.807) is 30.3 Å². The molecule has 106 valence electrons. The van der Waals surface area contributed by atoms with Crippen LogP contribution in [0.5, 0.6) is 5.75 Å². The van der Waals surface area contributed by atoms with Gasteiger partial charge in [0.2, 0.25) is 0 Å². The molecular formula is C15H13Cl2FO2. The maximum atomic E-state index is 12.9. The zero-order valence-electron chi connectivity index (χ0n) is 10.5. The first-order valence-electron chi connectivity index (χ1n) is 6.05. The van der Waals surface area contributed by atoms with Crippen molar-refractivity contribution < 1.29 is 14.2 Å². The van der Waals surface area contributed by atoms with Gasteiger partial charge in [-0.1, -0.05) is 29.3 Å². The summed E-state index contributed by atoms with van der Waals surface area (Å²) in [5.74, 6) is 0.226. The molecule has 0 radical (unpaired) electrons. The Kier molecular flexibility index (Phi) is 5.24. The lowest BCUT2D eigenvalue weighted by molar-refractivity contribution is 0.108. The second-order valence-corrected chi connectivity index (χ2v) is 5.20. The van der Waals surface area contributed by atoms with Crippen molar-refractivity contribution in [2.45, 2.75) is 12.5 Å². The first-order valence-corrected chi connectivity index (χ1v) is 6.80. The van der Waals surface area contributed by atoms with Gasteiger partial charge in [0, 0.05) is 16.5 Å². The molecule has 0 spiro atoms. The first kappa shape index (κ1) is 15.1. The van der Waals surface area contributed by atoms with Crippen molar-refractivity contribution in [2.24, 2.45) is 0 Å². The monoisotopic (exact) mass is 314 g/mol. The third kappa shape index (κ3) is 4.37. The van der Waals surface area contributed by atoms with E-state index < -0.39 is 11.9 Å². The predicted molar refractivity (Wildman–Crippen MR) is 78.1 cm³/mol. The third-order valence-electron chi connectivity index (χ3n) is 2.73. The van der Waals surface area contributed by atoms with Gasteiger partial charge in [0.25, 0.3) is 0 Å². The van der Waals surface area contributed by atoms with E-state index in [-0.39, 0.29) is 6.61 Å². The molecule has 2 nitrogen and oxygen atoms in total. The molecule has 0 fully saturated rings. The number of hydrogen-bond acceptors (Lipinski definition) is 2. The molecule has 2 aromatic rings. The molecular weight excluding hydrogens is 302 g/mol. The van der Waals surface area contributed by atoms with Gasteiger partial charge in [0.05, 0.1) is 6.10 Å².